The van der Waals surface area contributed by atoms with E-state index in [1.54, 1.807) is 7.11 Å². The maximum Gasteiger partial charge on any atom is 0.143 e. The van der Waals surface area contributed by atoms with Crippen LogP contribution in [0.25, 0.3) is 0 Å². The SMILES string of the molecule is CO/N=[C]\c1ccccc1OC. The van der Waals surface area contributed by atoms with Crippen LogP contribution in [-0.4, -0.2) is 20.4 Å². The molecule has 0 amide bonds. The Morgan fingerprint density at radius 3 is 2.67 bits per heavy atom. The molecule has 1 aromatic rings. The van der Waals surface area contributed by atoms with Gasteiger partial charge in [-0.15, -0.1) is 0 Å². The first kappa shape index (κ1) is 8.59. The Kier molecular flexibility index (Phi) is 3.14. The van der Waals surface area contributed by atoms with Crippen LogP contribution < -0.4 is 4.74 Å². The zero-order valence-corrected chi connectivity index (χ0v) is 7.07. The minimum Gasteiger partial charge on any atom is -0.496 e. The number of benzene rings is 1. The number of hydrogen-bond acceptors (Lipinski definition) is 3. The number of rotatable bonds is 3. The quantitative estimate of drug-likeness (QED) is 0.501. The van der Waals surface area contributed by atoms with E-state index in [9.17, 15) is 0 Å². The summed E-state index contributed by atoms with van der Waals surface area (Å²) in [5.74, 6) is 0.735. The fourth-order valence-corrected chi connectivity index (χ4v) is 0.832. The van der Waals surface area contributed by atoms with Crippen LogP contribution in [0.1, 0.15) is 5.56 Å². The summed E-state index contributed by atoms with van der Waals surface area (Å²) in [7, 11) is 3.08. The zero-order chi connectivity index (χ0) is 8.81. The second kappa shape index (κ2) is 4.38. The number of hydrogen-bond donors (Lipinski definition) is 0. The maximum absolute atomic E-state index is 5.06. The first-order chi connectivity index (χ1) is 5.88. The van der Waals surface area contributed by atoms with E-state index >= 15 is 0 Å². The van der Waals surface area contributed by atoms with Crippen LogP contribution in [-0.2, 0) is 4.84 Å². The van der Waals surface area contributed by atoms with Crippen LogP contribution in [0.4, 0.5) is 0 Å². The first-order valence-electron chi connectivity index (χ1n) is 3.50. The third kappa shape index (κ3) is 1.99. The summed E-state index contributed by atoms with van der Waals surface area (Å²) in [5.41, 5.74) is 0.779. The van der Waals surface area contributed by atoms with Gasteiger partial charge in [0.1, 0.15) is 19.1 Å². The van der Waals surface area contributed by atoms with Crippen molar-refractivity contribution in [2.24, 2.45) is 5.16 Å². The van der Waals surface area contributed by atoms with Gasteiger partial charge in [0.25, 0.3) is 0 Å². The molecule has 0 fully saturated rings. The lowest BCUT2D eigenvalue weighted by Crippen LogP contribution is -1.89. The van der Waals surface area contributed by atoms with E-state index in [1.807, 2.05) is 24.3 Å². The van der Waals surface area contributed by atoms with Gasteiger partial charge in [0.2, 0.25) is 0 Å². The molecule has 0 unspecified atom stereocenters. The van der Waals surface area contributed by atoms with Crippen molar-refractivity contribution in [1.82, 2.24) is 0 Å². The van der Waals surface area contributed by atoms with Crippen molar-refractivity contribution >= 4 is 6.21 Å². The van der Waals surface area contributed by atoms with Gasteiger partial charge in [-0.1, -0.05) is 17.3 Å². The third-order valence-corrected chi connectivity index (χ3v) is 1.36. The predicted molar refractivity (Wildman–Crippen MR) is 46.5 cm³/mol. The number of para-hydroxylation sites is 1. The second-order valence-corrected chi connectivity index (χ2v) is 2.09. The normalized spacial score (nSPS) is 10.2. The molecular weight excluding hydrogens is 154 g/mol. The lowest BCUT2D eigenvalue weighted by Gasteiger charge is -2.01. The molecule has 0 atom stereocenters. The van der Waals surface area contributed by atoms with Gasteiger partial charge in [-0.3, -0.25) is 0 Å². The Hall–Kier alpha value is -1.51. The highest BCUT2D eigenvalue weighted by Crippen LogP contribution is 2.14. The van der Waals surface area contributed by atoms with E-state index in [2.05, 4.69) is 16.2 Å². The van der Waals surface area contributed by atoms with Gasteiger partial charge in [-0.2, -0.15) is 0 Å². The minimum atomic E-state index is 0.735. The Balaban J connectivity index is 2.89. The number of nitrogens with zero attached hydrogens (tertiary/aromatic N) is 1. The van der Waals surface area contributed by atoms with Crippen molar-refractivity contribution in [1.29, 1.82) is 0 Å². The van der Waals surface area contributed by atoms with E-state index in [1.165, 1.54) is 7.11 Å². The van der Waals surface area contributed by atoms with Crippen LogP contribution in [0.3, 0.4) is 0 Å². The number of ether oxygens (including phenoxy) is 1. The second-order valence-electron chi connectivity index (χ2n) is 2.09. The Morgan fingerprint density at radius 1 is 1.25 bits per heavy atom. The van der Waals surface area contributed by atoms with E-state index in [4.69, 9.17) is 4.74 Å². The largest absolute Gasteiger partial charge is 0.496 e. The fraction of sp³-hybridized carbons (Fsp3) is 0.222. The van der Waals surface area contributed by atoms with Crippen molar-refractivity contribution in [3.8, 4) is 5.75 Å². The highest BCUT2D eigenvalue weighted by molar-refractivity contribution is 5.82. The molecule has 0 spiro atoms. The Morgan fingerprint density at radius 2 is 2.00 bits per heavy atom. The summed E-state index contributed by atoms with van der Waals surface area (Å²) in [6, 6.07) is 7.46. The van der Waals surface area contributed by atoms with Gasteiger partial charge in [-0.05, 0) is 12.1 Å². The van der Waals surface area contributed by atoms with Crippen molar-refractivity contribution in [2.45, 2.75) is 0 Å². The van der Waals surface area contributed by atoms with Crippen molar-refractivity contribution in [3.63, 3.8) is 0 Å². The molecule has 3 heteroatoms. The Bertz CT molecular complexity index is 271. The summed E-state index contributed by atoms with van der Waals surface area (Å²) in [6.45, 7) is 0. The van der Waals surface area contributed by atoms with Gasteiger partial charge in [-0.25, -0.2) is 0 Å². The molecule has 3 nitrogen and oxygen atoms in total. The predicted octanol–water partition coefficient (Wildman–Crippen LogP) is 1.55. The molecule has 0 saturated carbocycles. The van der Waals surface area contributed by atoms with Gasteiger partial charge < -0.3 is 9.57 Å². The summed E-state index contributed by atoms with van der Waals surface area (Å²) in [4.78, 5) is 4.50. The smallest absolute Gasteiger partial charge is 0.143 e. The lowest BCUT2D eigenvalue weighted by molar-refractivity contribution is 0.215. The molecule has 0 aliphatic rings. The van der Waals surface area contributed by atoms with Gasteiger partial charge >= 0.3 is 0 Å². The molecule has 1 radical (unpaired) electrons. The van der Waals surface area contributed by atoms with E-state index in [0.29, 0.717) is 0 Å². The molecule has 0 saturated heterocycles. The highest BCUT2D eigenvalue weighted by atomic mass is 16.6. The first-order valence-corrected chi connectivity index (χ1v) is 3.50. The molecule has 63 valence electrons. The fourth-order valence-electron chi connectivity index (χ4n) is 0.832. The molecule has 0 aromatic heterocycles. The average Bonchev–Trinajstić information content (AvgIpc) is 2.15. The summed E-state index contributed by atoms with van der Waals surface area (Å²) in [5, 5.41) is 3.52. The van der Waals surface area contributed by atoms with E-state index in [0.717, 1.165) is 11.3 Å². The summed E-state index contributed by atoms with van der Waals surface area (Å²) >= 11 is 0. The standard InChI is InChI=1S/C9H10NO2/c1-11-9-6-4-3-5-8(9)7-10-12-2/h3-6H,1-2H3. The van der Waals surface area contributed by atoms with Gasteiger partial charge in [0.05, 0.1) is 7.11 Å². The Labute approximate surface area is 71.6 Å². The topological polar surface area (TPSA) is 30.8 Å². The summed E-state index contributed by atoms with van der Waals surface area (Å²) in [6.07, 6.45) is 2.69. The molecule has 0 heterocycles. The molecule has 12 heavy (non-hydrogen) atoms. The van der Waals surface area contributed by atoms with Crippen molar-refractivity contribution < 1.29 is 9.57 Å². The van der Waals surface area contributed by atoms with Gasteiger partial charge in [0, 0.05) is 5.56 Å². The van der Waals surface area contributed by atoms with E-state index in [-0.39, 0.29) is 0 Å². The average molecular weight is 164 g/mol. The lowest BCUT2D eigenvalue weighted by atomic mass is 10.2. The van der Waals surface area contributed by atoms with Gasteiger partial charge in [0.15, 0.2) is 0 Å². The zero-order valence-electron chi connectivity index (χ0n) is 7.07. The molecular formula is C9H10NO2. The van der Waals surface area contributed by atoms with E-state index < -0.39 is 0 Å². The molecule has 0 aliphatic carbocycles. The van der Waals surface area contributed by atoms with Crippen LogP contribution in [0.5, 0.6) is 5.75 Å². The van der Waals surface area contributed by atoms with Crippen LogP contribution in [0.15, 0.2) is 29.4 Å². The van der Waals surface area contributed by atoms with Crippen LogP contribution in [0, 0.1) is 0 Å². The number of methoxy groups -OCH3 is 1. The summed E-state index contributed by atoms with van der Waals surface area (Å²) < 4.78 is 5.06. The molecule has 0 aliphatic heterocycles. The molecule has 0 N–H and O–H groups in total. The minimum absolute atomic E-state index is 0.735. The van der Waals surface area contributed by atoms with Crippen LogP contribution in [0.2, 0.25) is 0 Å². The van der Waals surface area contributed by atoms with Crippen molar-refractivity contribution in [2.75, 3.05) is 14.2 Å². The third-order valence-electron chi connectivity index (χ3n) is 1.36. The van der Waals surface area contributed by atoms with Crippen LogP contribution >= 0.6 is 0 Å². The monoisotopic (exact) mass is 164 g/mol. The van der Waals surface area contributed by atoms with Crippen molar-refractivity contribution in [3.05, 3.63) is 29.8 Å². The maximum atomic E-state index is 5.06. The molecule has 0 bridgehead atoms. The highest BCUT2D eigenvalue weighted by Gasteiger charge is 1.97. The molecule has 1 rings (SSSR count). The molecule has 1 aromatic carbocycles.